The number of nitrogens with one attached hydrogen (secondary N) is 2. The van der Waals surface area contributed by atoms with Gasteiger partial charge in [0.05, 0.1) is 11.1 Å². The van der Waals surface area contributed by atoms with Crippen molar-refractivity contribution in [2.45, 2.75) is 25.7 Å². The Balaban J connectivity index is 1.27. The maximum Gasteiger partial charge on any atom is 0.257 e. The fourth-order valence-electron chi connectivity index (χ4n) is 4.51. The number of H-pyrrole nitrogens is 1. The minimum atomic E-state index is -0.112. The zero-order valence-corrected chi connectivity index (χ0v) is 16.9. The van der Waals surface area contributed by atoms with Crippen molar-refractivity contribution >= 4 is 33.6 Å². The molecule has 0 saturated heterocycles. The quantitative estimate of drug-likeness (QED) is 0.379. The van der Waals surface area contributed by atoms with Gasteiger partial charge in [-0.1, -0.05) is 24.3 Å². The van der Waals surface area contributed by atoms with Crippen molar-refractivity contribution in [3.8, 4) is 11.5 Å². The van der Waals surface area contributed by atoms with E-state index in [9.17, 15) is 4.79 Å². The SMILES string of the molecule is O=C(Nc1ccc(-c2nc3ccccc3o2)cc1)c1cccc2c3c([nH]c12)CCCC3. The van der Waals surface area contributed by atoms with Gasteiger partial charge in [0.2, 0.25) is 5.89 Å². The Morgan fingerprint density at radius 2 is 1.77 bits per heavy atom. The largest absolute Gasteiger partial charge is 0.436 e. The number of amides is 1. The van der Waals surface area contributed by atoms with Crippen molar-refractivity contribution in [1.82, 2.24) is 9.97 Å². The highest BCUT2D eigenvalue weighted by Crippen LogP contribution is 2.31. The van der Waals surface area contributed by atoms with Gasteiger partial charge in [-0.3, -0.25) is 4.79 Å². The molecule has 2 aromatic heterocycles. The van der Waals surface area contributed by atoms with Crippen molar-refractivity contribution in [1.29, 1.82) is 0 Å². The molecular formula is C26H21N3O2. The third kappa shape index (κ3) is 3.10. The fraction of sp³-hybridized carbons (Fsp3) is 0.154. The van der Waals surface area contributed by atoms with Gasteiger partial charge in [0.15, 0.2) is 5.58 Å². The normalized spacial score (nSPS) is 13.4. The topological polar surface area (TPSA) is 70.9 Å². The molecule has 0 unspecified atom stereocenters. The number of anilines is 1. The lowest BCUT2D eigenvalue weighted by atomic mass is 9.95. The van der Waals surface area contributed by atoms with Crippen LogP contribution in [0.5, 0.6) is 0 Å². The first kappa shape index (κ1) is 18.0. The summed E-state index contributed by atoms with van der Waals surface area (Å²) in [5, 5.41) is 4.20. The van der Waals surface area contributed by atoms with E-state index < -0.39 is 0 Å². The summed E-state index contributed by atoms with van der Waals surface area (Å²) in [5.41, 5.74) is 7.47. The van der Waals surface area contributed by atoms with Crippen LogP contribution in [0.4, 0.5) is 5.69 Å². The third-order valence-corrected chi connectivity index (χ3v) is 6.06. The summed E-state index contributed by atoms with van der Waals surface area (Å²) in [6, 6.07) is 21.2. The molecule has 3 aromatic carbocycles. The van der Waals surface area contributed by atoms with Crippen LogP contribution in [0.1, 0.15) is 34.5 Å². The van der Waals surface area contributed by atoms with E-state index in [0.717, 1.165) is 40.7 Å². The molecule has 1 aliphatic rings. The molecule has 5 heteroatoms. The Hall–Kier alpha value is -3.86. The minimum absolute atomic E-state index is 0.112. The molecule has 0 atom stereocenters. The van der Waals surface area contributed by atoms with Gasteiger partial charge >= 0.3 is 0 Å². The van der Waals surface area contributed by atoms with E-state index in [1.165, 1.54) is 29.5 Å². The number of hydrogen-bond donors (Lipinski definition) is 2. The molecule has 0 bridgehead atoms. The smallest absolute Gasteiger partial charge is 0.257 e. The average molecular weight is 407 g/mol. The molecule has 0 aliphatic heterocycles. The highest BCUT2D eigenvalue weighted by atomic mass is 16.3. The Morgan fingerprint density at radius 3 is 2.65 bits per heavy atom. The molecule has 2 N–H and O–H groups in total. The Labute approximate surface area is 179 Å². The summed E-state index contributed by atoms with van der Waals surface area (Å²) in [7, 11) is 0. The standard InChI is InChI=1S/C26H21N3O2/c30-25(20-8-5-7-19-18-6-1-2-9-21(18)28-24(19)20)27-17-14-12-16(13-15-17)26-29-22-10-3-4-11-23(22)31-26/h3-5,7-8,10-15,28H,1-2,6,9H2,(H,27,30). The number of benzene rings is 3. The van der Waals surface area contributed by atoms with Crippen molar-refractivity contribution in [3.63, 3.8) is 0 Å². The number of nitrogens with zero attached hydrogens (tertiary/aromatic N) is 1. The summed E-state index contributed by atoms with van der Waals surface area (Å²) < 4.78 is 5.83. The maximum absolute atomic E-state index is 13.1. The molecule has 6 rings (SSSR count). The maximum atomic E-state index is 13.1. The first-order valence-corrected chi connectivity index (χ1v) is 10.7. The monoisotopic (exact) mass is 407 g/mol. The average Bonchev–Trinajstić information content (AvgIpc) is 3.41. The van der Waals surface area contributed by atoms with Crippen LogP contribution >= 0.6 is 0 Å². The van der Waals surface area contributed by atoms with Gasteiger partial charge in [-0.05, 0) is 73.7 Å². The first-order valence-electron chi connectivity index (χ1n) is 10.7. The highest BCUT2D eigenvalue weighted by Gasteiger charge is 2.19. The number of fused-ring (bicyclic) bond motifs is 4. The Bertz CT molecular complexity index is 1390. The van der Waals surface area contributed by atoms with Gasteiger partial charge in [0.25, 0.3) is 5.91 Å². The van der Waals surface area contributed by atoms with Gasteiger partial charge in [0.1, 0.15) is 5.52 Å². The number of hydrogen-bond acceptors (Lipinski definition) is 3. The van der Waals surface area contributed by atoms with Crippen LogP contribution in [-0.4, -0.2) is 15.9 Å². The van der Waals surface area contributed by atoms with Crippen LogP contribution < -0.4 is 5.32 Å². The number of para-hydroxylation sites is 3. The van der Waals surface area contributed by atoms with E-state index in [4.69, 9.17) is 4.42 Å². The number of carbonyl (C=O) groups excluding carboxylic acids is 1. The van der Waals surface area contributed by atoms with Gasteiger partial charge in [-0.25, -0.2) is 4.98 Å². The van der Waals surface area contributed by atoms with Gasteiger partial charge in [-0.15, -0.1) is 0 Å². The van der Waals surface area contributed by atoms with Gasteiger partial charge < -0.3 is 14.7 Å². The number of aromatic amines is 1. The molecule has 0 radical (unpaired) electrons. The molecular weight excluding hydrogens is 386 g/mol. The second-order valence-corrected chi connectivity index (χ2v) is 8.04. The highest BCUT2D eigenvalue weighted by molar-refractivity contribution is 6.12. The molecule has 31 heavy (non-hydrogen) atoms. The number of rotatable bonds is 3. The van der Waals surface area contributed by atoms with Crippen molar-refractivity contribution in [3.05, 3.63) is 83.6 Å². The number of aryl methyl sites for hydroxylation is 2. The minimum Gasteiger partial charge on any atom is -0.436 e. The second kappa shape index (κ2) is 7.13. The number of oxazole rings is 1. The van der Waals surface area contributed by atoms with Crippen molar-refractivity contribution < 1.29 is 9.21 Å². The molecule has 1 amide bonds. The second-order valence-electron chi connectivity index (χ2n) is 8.04. The lowest BCUT2D eigenvalue weighted by molar-refractivity contribution is 0.102. The van der Waals surface area contributed by atoms with Crippen LogP contribution in [0.3, 0.4) is 0 Å². The molecule has 2 heterocycles. The summed E-state index contributed by atoms with van der Waals surface area (Å²) in [5.74, 6) is 0.458. The molecule has 1 aliphatic carbocycles. The molecule has 0 saturated carbocycles. The molecule has 5 aromatic rings. The Morgan fingerprint density at radius 1 is 0.935 bits per heavy atom. The summed E-state index contributed by atoms with van der Waals surface area (Å²) in [6.45, 7) is 0. The van der Waals surface area contributed by atoms with Crippen LogP contribution in [0.2, 0.25) is 0 Å². The molecule has 0 spiro atoms. The van der Waals surface area contributed by atoms with E-state index in [0.29, 0.717) is 11.5 Å². The van der Waals surface area contributed by atoms with E-state index in [-0.39, 0.29) is 5.91 Å². The fourth-order valence-corrected chi connectivity index (χ4v) is 4.51. The molecule has 152 valence electrons. The summed E-state index contributed by atoms with van der Waals surface area (Å²) in [4.78, 5) is 21.1. The number of carbonyl (C=O) groups is 1. The zero-order chi connectivity index (χ0) is 20.8. The Kier molecular flexibility index (Phi) is 4.13. The lowest BCUT2D eigenvalue weighted by Gasteiger charge is -2.10. The zero-order valence-electron chi connectivity index (χ0n) is 16.9. The molecule has 0 fully saturated rings. The van der Waals surface area contributed by atoms with Gasteiger partial charge in [0, 0.05) is 22.3 Å². The third-order valence-electron chi connectivity index (χ3n) is 6.06. The predicted octanol–water partition coefficient (Wildman–Crippen LogP) is 6.11. The van der Waals surface area contributed by atoms with E-state index in [1.54, 1.807) is 0 Å². The summed E-state index contributed by atoms with van der Waals surface area (Å²) >= 11 is 0. The molecule has 5 nitrogen and oxygen atoms in total. The number of aromatic nitrogens is 2. The van der Waals surface area contributed by atoms with Crippen molar-refractivity contribution in [2.24, 2.45) is 0 Å². The summed E-state index contributed by atoms with van der Waals surface area (Å²) in [6.07, 6.45) is 4.55. The van der Waals surface area contributed by atoms with Crippen LogP contribution in [0, 0.1) is 0 Å². The van der Waals surface area contributed by atoms with Crippen LogP contribution in [0.15, 0.2) is 71.1 Å². The van der Waals surface area contributed by atoms with E-state index in [2.05, 4.69) is 21.4 Å². The van der Waals surface area contributed by atoms with Gasteiger partial charge in [-0.2, -0.15) is 0 Å². The lowest BCUT2D eigenvalue weighted by Crippen LogP contribution is -2.12. The first-order chi connectivity index (χ1) is 15.3. The predicted molar refractivity (Wildman–Crippen MR) is 122 cm³/mol. The van der Waals surface area contributed by atoms with Crippen LogP contribution in [0.25, 0.3) is 33.5 Å². The van der Waals surface area contributed by atoms with E-state index in [1.807, 2.05) is 60.7 Å². The van der Waals surface area contributed by atoms with Crippen molar-refractivity contribution in [2.75, 3.05) is 5.32 Å². The van der Waals surface area contributed by atoms with Crippen LogP contribution in [-0.2, 0) is 12.8 Å². The van der Waals surface area contributed by atoms with E-state index >= 15 is 0 Å².